The zero-order valence-electron chi connectivity index (χ0n) is 15.5. The molecule has 2 N–H and O–H groups in total. The average molecular weight is 388 g/mol. The summed E-state index contributed by atoms with van der Waals surface area (Å²) in [5, 5.41) is 0. The monoisotopic (exact) mass is 387 g/mol. The lowest BCUT2D eigenvalue weighted by Crippen LogP contribution is -2.17. The summed E-state index contributed by atoms with van der Waals surface area (Å²) in [5.41, 5.74) is 9.33. The zero-order valence-corrected chi connectivity index (χ0v) is 17.1. The van der Waals surface area contributed by atoms with Crippen molar-refractivity contribution in [2.75, 3.05) is 26.2 Å². The summed E-state index contributed by atoms with van der Waals surface area (Å²) >= 11 is 3.39. The summed E-state index contributed by atoms with van der Waals surface area (Å²) in [5.74, 6) is -0.376. The first-order valence-electron chi connectivity index (χ1n) is 8.41. The molecule has 138 valence electrons. The van der Waals surface area contributed by atoms with Crippen LogP contribution >= 0.6 is 23.5 Å². The lowest BCUT2D eigenvalue weighted by molar-refractivity contribution is -0.114. The van der Waals surface area contributed by atoms with Crippen molar-refractivity contribution >= 4 is 35.0 Å². The number of benzene rings is 2. The largest absolute Gasteiger partial charge is 0.385 e. The van der Waals surface area contributed by atoms with E-state index in [1.165, 1.54) is 9.79 Å². The molecule has 5 heteroatoms. The van der Waals surface area contributed by atoms with Crippen molar-refractivity contribution in [1.29, 1.82) is 0 Å². The Kier molecular flexibility index (Phi) is 8.29. The van der Waals surface area contributed by atoms with Crippen molar-refractivity contribution in [1.82, 2.24) is 0 Å². The molecule has 0 fully saturated rings. The molecule has 0 bridgehead atoms. The molecule has 3 nitrogen and oxygen atoms in total. The molecule has 0 heterocycles. The van der Waals surface area contributed by atoms with E-state index in [-0.39, 0.29) is 5.91 Å². The van der Waals surface area contributed by atoms with Crippen molar-refractivity contribution in [3.05, 3.63) is 65.2 Å². The molecule has 2 aromatic rings. The Bertz CT molecular complexity index is 703. The summed E-state index contributed by atoms with van der Waals surface area (Å²) in [6, 6.07) is 16.5. The molecule has 2 rings (SSSR count). The second-order valence-corrected chi connectivity index (χ2v) is 7.53. The number of carbonyl (C=O) groups is 1. The summed E-state index contributed by atoms with van der Waals surface area (Å²) in [6.07, 6.45) is 5.44. The predicted molar refractivity (Wildman–Crippen MR) is 113 cm³/mol. The van der Waals surface area contributed by atoms with E-state index in [4.69, 9.17) is 10.5 Å². The molecule has 0 aliphatic heterocycles. The fourth-order valence-electron chi connectivity index (χ4n) is 2.80. The SMILES string of the molecule is COCCCC(C(N)=O)=C(c1ccc(SC)cc1)c1ccc(SC)cc1. The standard InChI is InChI=1S/C21H25NO2S2/c1-24-14-4-5-19(21(22)23)20(15-6-10-17(25-2)11-7-15)16-8-12-18(26-3)13-9-16/h6-13H,4-5,14H2,1-3H3,(H2,22,23). The molecule has 0 radical (unpaired) electrons. The molecule has 0 aromatic heterocycles. The first-order valence-corrected chi connectivity index (χ1v) is 10.9. The Labute approximate surface area is 164 Å². The van der Waals surface area contributed by atoms with Crippen molar-refractivity contribution < 1.29 is 9.53 Å². The summed E-state index contributed by atoms with van der Waals surface area (Å²) in [7, 11) is 1.66. The summed E-state index contributed by atoms with van der Waals surface area (Å²) in [4.78, 5) is 14.6. The number of primary amides is 1. The molecule has 0 saturated heterocycles. The van der Waals surface area contributed by atoms with Gasteiger partial charge in [-0.05, 0) is 66.3 Å². The maximum absolute atomic E-state index is 12.2. The number of methoxy groups -OCH3 is 1. The Morgan fingerprint density at radius 3 is 1.73 bits per heavy atom. The zero-order chi connectivity index (χ0) is 18.9. The van der Waals surface area contributed by atoms with Gasteiger partial charge in [0, 0.05) is 29.1 Å². The van der Waals surface area contributed by atoms with E-state index in [9.17, 15) is 4.79 Å². The second-order valence-electron chi connectivity index (χ2n) is 5.77. The molecular weight excluding hydrogens is 362 g/mol. The highest BCUT2D eigenvalue weighted by atomic mass is 32.2. The average Bonchev–Trinajstić information content (AvgIpc) is 2.68. The van der Waals surface area contributed by atoms with Crippen LogP contribution in [0.3, 0.4) is 0 Å². The first kappa shape index (κ1) is 20.6. The van der Waals surface area contributed by atoms with Crippen LogP contribution in [0.25, 0.3) is 5.57 Å². The van der Waals surface area contributed by atoms with E-state index in [1.807, 2.05) is 12.5 Å². The molecule has 0 aliphatic rings. The smallest absolute Gasteiger partial charge is 0.245 e. The van der Waals surface area contributed by atoms with Crippen molar-refractivity contribution in [3.63, 3.8) is 0 Å². The van der Waals surface area contributed by atoms with Crippen LogP contribution in [-0.4, -0.2) is 32.1 Å². The van der Waals surface area contributed by atoms with Crippen molar-refractivity contribution in [2.45, 2.75) is 22.6 Å². The van der Waals surface area contributed by atoms with Crippen LogP contribution in [0.15, 0.2) is 63.9 Å². The van der Waals surface area contributed by atoms with Gasteiger partial charge in [0.05, 0.1) is 0 Å². The highest BCUT2D eigenvalue weighted by Crippen LogP contribution is 2.31. The Morgan fingerprint density at radius 2 is 1.38 bits per heavy atom. The van der Waals surface area contributed by atoms with Gasteiger partial charge in [-0.25, -0.2) is 0 Å². The van der Waals surface area contributed by atoms with Gasteiger partial charge in [-0.1, -0.05) is 24.3 Å². The molecule has 0 atom stereocenters. The van der Waals surface area contributed by atoms with Crippen molar-refractivity contribution in [3.8, 4) is 0 Å². The number of carbonyl (C=O) groups excluding carboxylic acids is 1. The normalized spacial score (nSPS) is 10.6. The Hall–Kier alpha value is -1.69. The van der Waals surface area contributed by atoms with Crippen LogP contribution in [0.4, 0.5) is 0 Å². The van der Waals surface area contributed by atoms with Gasteiger partial charge in [-0.3, -0.25) is 4.79 Å². The summed E-state index contributed by atoms with van der Waals surface area (Å²) in [6.45, 7) is 0.598. The number of hydrogen-bond donors (Lipinski definition) is 1. The highest BCUT2D eigenvalue weighted by molar-refractivity contribution is 7.98. The Balaban J connectivity index is 2.56. The summed E-state index contributed by atoms with van der Waals surface area (Å²) < 4.78 is 5.14. The van der Waals surface area contributed by atoms with Gasteiger partial charge in [0.15, 0.2) is 0 Å². The third kappa shape index (κ3) is 5.40. The van der Waals surface area contributed by atoms with Gasteiger partial charge in [0.2, 0.25) is 5.91 Å². The quantitative estimate of drug-likeness (QED) is 0.380. The van der Waals surface area contributed by atoms with Gasteiger partial charge in [-0.15, -0.1) is 23.5 Å². The third-order valence-electron chi connectivity index (χ3n) is 4.13. The molecular formula is C21H25NO2S2. The number of ether oxygens (including phenoxy) is 1. The molecule has 0 spiro atoms. The lowest BCUT2D eigenvalue weighted by atomic mass is 9.90. The Morgan fingerprint density at radius 1 is 0.923 bits per heavy atom. The minimum Gasteiger partial charge on any atom is -0.385 e. The van der Waals surface area contributed by atoms with Gasteiger partial charge < -0.3 is 10.5 Å². The van der Waals surface area contributed by atoms with Crippen LogP contribution in [-0.2, 0) is 9.53 Å². The number of amides is 1. The molecule has 0 unspecified atom stereocenters. The second kappa shape index (κ2) is 10.5. The lowest BCUT2D eigenvalue weighted by Gasteiger charge is -2.15. The minimum atomic E-state index is -0.376. The van der Waals surface area contributed by atoms with Crippen LogP contribution in [0.2, 0.25) is 0 Å². The van der Waals surface area contributed by atoms with Crippen molar-refractivity contribution in [2.24, 2.45) is 5.73 Å². The van der Waals surface area contributed by atoms with E-state index in [1.54, 1.807) is 30.6 Å². The van der Waals surface area contributed by atoms with Gasteiger partial charge in [-0.2, -0.15) is 0 Å². The molecule has 0 aliphatic carbocycles. The van der Waals surface area contributed by atoms with E-state index in [2.05, 4.69) is 48.5 Å². The van der Waals surface area contributed by atoms with Gasteiger partial charge in [0.1, 0.15) is 0 Å². The number of nitrogens with two attached hydrogens (primary N) is 1. The third-order valence-corrected chi connectivity index (χ3v) is 5.62. The maximum Gasteiger partial charge on any atom is 0.245 e. The van der Waals surface area contributed by atoms with E-state index in [0.29, 0.717) is 18.6 Å². The van der Waals surface area contributed by atoms with Gasteiger partial charge >= 0.3 is 0 Å². The molecule has 26 heavy (non-hydrogen) atoms. The fourth-order valence-corrected chi connectivity index (χ4v) is 3.61. The van der Waals surface area contributed by atoms with Crippen LogP contribution in [0, 0.1) is 0 Å². The fraction of sp³-hybridized carbons (Fsp3) is 0.286. The molecule has 0 saturated carbocycles. The maximum atomic E-state index is 12.2. The van der Waals surface area contributed by atoms with Crippen LogP contribution < -0.4 is 5.73 Å². The van der Waals surface area contributed by atoms with E-state index >= 15 is 0 Å². The van der Waals surface area contributed by atoms with Crippen LogP contribution in [0.1, 0.15) is 24.0 Å². The highest BCUT2D eigenvalue weighted by Gasteiger charge is 2.16. The number of thioether (sulfide) groups is 2. The number of rotatable bonds is 9. The van der Waals surface area contributed by atoms with E-state index in [0.717, 1.165) is 23.1 Å². The predicted octanol–water partition coefficient (Wildman–Crippen LogP) is 4.84. The topological polar surface area (TPSA) is 52.3 Å². The molecule has 1 amide bonds. The first-order chi connectivity index (χ1) is 12.6. The van der Waals surface area contributed by atoms with Crippen LogP contribution in [0.5, 0.6) is 0 Å². The molecule has 2 aromatic carbocycles. The van der Waals surface area contributed by atoms with E-state index < -0.39 is 0 Å². The van der Waals surface area contributed by atoms with Gasteiger partial charge in [0.25, 0.3) is 0 Å². The minimum absolute atomic E-state index is 0.376. The number of hydrogen-bond acceptors (Lipinski definition) is 4.